The maximum Gasteiger partial charge on any atom is 0.417 e. The van der Waals surface area contributed by atoms with E-state index in [-0.39, 0.29) is 5.02 Å². The number of alkyl halides is 3. The summed E-state index contributed by atoms with van der Waals surface area (Å²) in [4.78, 5) is 4.53. The van der Waals surface area contributed by atoms with Gasteiger partial charge in [-0.1, -0.05) is 29.8 Å². The van der Waals surface area contributed by atoms with Crippen LogP contribution in [0.25, 0.3) is 16.9 Å². The lowest BCUT2D eigenvalue weighted by Crippen LogP contribution is -2.10. The molecule has 3 rings (SSSR count). The molecule has 132 valence electrons. The highest BCUT2D eigenvalue weighted by atomic mass is 35.5. The number of fused-ring (bicyclic) bond motifs is 1. The normalized spacial score (nSPS) is 12.1. The van der Waals surface area contributed by atoms with Crippen LogP contribution in [0.5, 0.6) is 0 Å². The van der Waals surface area contributed by atoms with Crippen LogP contribution in [-0.4, -0.2) is 15.9 Å². The molecule has 2 heterocycles. The number of benzene rings is 1. The molecule has 1 aromatic carbocycles. The SMILES string of the molecule is Cc1cccc(-c2nc3c(Cl)cc(C(F)(F)F)cn3c2CCN)c1C. The largest absolute Gasteiger partial charge is 0.417 e. The van der Waals surface area contributed by atoms with E-state index in [4.69, 9.17) is 17.3 Å². The Morgan fingerprint density at radius 2 is 1.96 bits per heavy atom. The zero-order valence-corrected chi connectivity index (χ0v) is 14.5. The van der Waals surface area contributed by atoms with E-state index in [9.17, 15) is 13.2 Å². The Kier molecular flexibility index (Phi) is 4.51. The van der Waals surface area contributed by atoms with E-state index in [2.05, 4.69) is 4.98 Å². The highest BCUT2D eigenvalue weighted by molar-refractivity contribution is 6.33. The van der Waals surface area contributed by atoms with E-state index in [0.29, 0.717) is 30.0 Å². The molecule has 0 aliphatic heterocycles. The second-order valence-corrected chi connectivity index (χ2v) is 6.37. The summed E-state index contributed by atoms with van der Waals surface area (Å²) < 4.78 is 40.8. The summed E-state index contributed by atoms with van der Waals surface area (Å²) in [6.45, 7) is 4.23. The van der Waals surface area contributed by atoms with Gasteiger partial charge in [-0.3, -0.25) is 0 Å². The fourth-order valence-electron chi connectivity index (χ4n) is 2.91. The molecule has 25 heavy (non-hydrogen) atoms. The second kappa shape index (κ2) is 6.35. The zero-order chi connectivity index (χ0) is 18.4. The number of halogens is 4. The molecule has 3 nitrogen and oxygen atoms in total. The Hall–Kier alpha value is -2.05. The van der Waals surface area contributed by atoms with Gasteiger partial charge in [0.25, 0.3) is 0 Å². The third-order valence-electron chi connectivity index (χ3n) is 4.34. The first-order valence-electron chi connectivity index (χ1n) is 7.78. The molecular formula is C18H17ClF3N3. The lowest BCUT2D eigenvalue weighted by atomic mass is 9.99. The van der Waals surface area contributed by atoms with Gasteiger partial charge in [-0.15, -0.1) is 0 Å². The number of rotatable bonds is 3. The maximum absolute atomic E-state index is 13.1. The minimum atomic E-state index is -4.48. The first-order chi connectivity index (χ1) is 11.7. The van der Waals surface area contributed by atoms with Crippen molar-refractivity contribution < 1.29 is 13.2 Å². The summed E-state index contributed by atoms with van der Waals surface area (Å²) in [6, 6.07) is 6.69. The van der Waals surface area contributed by atoms with Crippen LogP contribution in [0.3, 0.4) is 0 Å². The Bertz CT molecular complexity index is 945. The minimum absolute atomic E-state index is 0.0374. The number of aromatic nitrogens is 2. The molecule has 0 aliphatic carbocycles. The molecule has 0 bridgehead atoms. The molecule has 2 N–H and O–H groups in total. The molecule has 0 amide bonds. The molecule has 0 aliphatic rings. The van der Waals surface area contributed by atoms with E-state index in [0.717, 1.165) is 29.0 Å². The van der Waals surface area contributed by atoms with Crippen LogP contribution in [0.4, 0.5) is 13.2 Å². The van der Waals surface area contributed by atoms with Crippen LogP contribution in [-0.2, 0) is 12.6 Å². The molecule has 0 saturated carbocycles. The van der Waals surface area contributed by atoms with Crippen LogP contribution in [0.1, 0.15) is 22.4 Å². The van der Waals surface area contributed by atoms with Gasteiger partial charge in [0, 0.05) is 18.2 Å². The second-order valence-electron chi connectivity index (χ2n) is 5.96. The summed E-state index contributed by atoms with van der Waals surface area (Å²) in [5.41, 5.74) is 9.40. The average Bonchev–Trinajstić information content (AvgIpc) is 2.89. The molecule has 3 aromatic rings. The fraction of sp³-hybridized carbons (Fsp3) is 0.278. The monoisotopic (exact) mass is 367 g/mol. The number of hydrogen-bond donors (Lipinski definition) is 1. The van der Waals surface area contributed by atoms with Crippen LogP contribution in [0, 0.1) is 13.8 Å². The maximum atomic E-state index is 13.1. The molecule has 2 aromatic heterocycles. The van der Waals surface area contributed by atoms with Crippen molar-refractivity contribution in [2.24, 2.45) is 5.73 Å². The van der Waals surface area contributed by atoms with Crippen molar-refractivity contribution in [3.63, 3.8) is 0 Å². The molecule has 0 atom stereocenters. The van der Waals surface area contributed by atoms with Gasteiger partial charge in [0.2, 0.25) is 0 Å². The van der Waals surface area contributed by atoms with Crippen molar-refractivity contribution in [3.05, 3.63) is 57.9 Å². The highest BCUT2D eigenvalue weighted by Gasteiger charge is 2.32. The summed E-state index contributed by atoms with van der Waals surface area (Å²) >= 11 is 6.10. The van der Waals surface area contributed by atoms with E-state index in [1.54, 1.807) is 0 Å². The number of imidazole rings is 1. The molecule has 0 spiro atoms. The molecule has 0 radical (unpaired) electrons. The van der Waals surface area contributed by atoms with Crippen molar-refractivity contribution in [1.29, 1.82) is 0 Å². The van der Waals surface area contributed by atoms with E-state index >= 15 is 0 Å². The predicted molar refractivity (Wildman–Crippen MR) is 92.9 cm³/mol. The zero-order valence-electron chi connectivity index (χ0n) is 13.8. The topological polar surface area (TPSA) is 43.3 Å². The van der Waals surface area contributed by atoms with Gasteiger partial charge < -0.3 is 10.1 Å². The Labute approximate surface area is 148 Å². The lowest BCUT2D eigenvalue weighted by Gasteiger charge is -2.11. The van der Waals surface area contributed by atoms with E-state index < -0.39 is 11.7 Å². The number of nitrogens with zero attached hydrogens (tertiary/aromatic N) is 2. The van der Waals surface area contributed by atoms with Crippen LogP contribution in [0.15, 0.2) is 30.5 Å². The first-order valence-corrected chi connectivity index (χ1v) is 8.16. The van der Waals surface area contributed by atoms with Crippen molar-refractivity contribution in [3.8, 4) is 11.3 Å². The summed E-state index contributed by atoms with van der Waals surface area (Å²) in [5, 5.41) is -0.0374. The van der Waals surface area contributed by atoms with Gasteiger partial charge in [-0.05, 0) is 37.6 Å². The van der Waals surface area contributed by atoms with E-state index in [1.165, 1.54) is 4.40 Å². The number of aryl methyl sites for hydroxylation is 1. The minimum Gasteiger partial charge on any atom is -0.330 e. The summed E-state index contributed by atoms with van der Waals surface area (Å²) in [7, 11) is 0. The molecule has 0 saturated heterocycles. The van der Waals surface area contributed by atoms with Gasteiger partial charge in [0.05, 0.1) is 22.0 Å². The molecule has 0 unspecified atom stereocenters. The Balaban J connectivity index is 2.35. The highest BCUT2D eigenvalue weighted by Crippen LogP contribution is 2.35. The molecule has 0 fully saturated rings. The van der Waals surface area contributed by atoms with Gasteiger partial charge in [-0.2, -0.15) is 13.2 Å². The van der Waals surface area contributed by atoms with Crippen molar-refractivity contribution in [2.75, 3.05) is 6.54 Å². The van der Waals surface area contributed by atoms with E-state index in [1.807, 2.05) is 32.0 Å². The van der Waals surface area contributed by atoms with Crippen LogP contribution in [0.2, 0.25) is 5.02 Å². The molecule has 7 heteroatoms. The van der Waals surface area contributed by atoms with Gasteiger partial charge >= 0.3 is 6.18 Å². The lowest BCUT2D eigenvalue weighted by molar-refractivity contribution is -0.137. The average molecular weight is 368 g/mol. The standard InChI is InChI=1S/C18H17ClF3N3/c1-10-4-3-5-13(11(10)2)16-15(6-7-23)25-9-12(18(20,21)22)8-14(19)17(25)24-16/h3-5,8-9H,6-7,23H2,1-2H3. The van der Waals surface area contributed by atoms with Crippen LogP contribution >= 0.6 is 11.6 Å². The van der Waals surface area contributed by atoms with Crippen LogP contribution < -0.4 is 5.73 Å². The number of nitrogens with two attached hydrogens (primary N) is 1. The third-order valence-corrected chi connectivity index (χ3v) is 4.62. The summed E-state index contributed by atoms with van der Waals surface area (Å²) in [5.74, 6) is 0. The quantitative estimate of drug-likeness (QED) is 0.723. The Morgan fingerprint density at radius 3 is 2.60 bits per heavy atom. The van der Waals surface area contributed by atoms with Gasteiger partial charge in [0.1, 0.15) is 0 Å². The predicted octanol–water partition coefficient (Wildman–Crippen LogP) is 4.79. The van der Waals surface area contributed by atoms with Crippen molar-refractivity contribution in [1.82, 2.24) is 9.38 Å². The van der Waals surface area contributed by atoms with Crippen molar-refractivity contribution >= 4 is 17.2 Å². The van der Waals surface area contributed by atoms with Gasteiger partial charge in [-0.25, -0.2) is 4.98 Å². The number of hydrogen-bond acceptors (Lipinski definition) is 2. The molecular weight excluding hydrogens is 351 g/mol. The summed E-state index contributed by atoms with van der Waals surface area (Å²) in [6.07, 6.45) is -3.06. The van der Waals surface area contributed by atoms with Gasteiger partial charge in [0.15, 0.2) is 5.65 Å². The first kappa shape index (κ1) is 17.8. The van der Waals surface area contributed by atoms with Crippen molar-refractivity contribution in [2.45, 2.75) is 26.4 Å². The fourth-order valence-corrected chi connectivity index (χ4v) is 3.16. The number of pyridine rings is 1. The Morgan fingerprint density at radius 1 is 1.24 bits per heavy atom. The smallest absolute Gasteiger partial charge is 0.330 e. The third kappa shape index (κ3) is 3.12.